The number of para-hydroxylation sites is 1. The molecule has 1 aliphatic rings. The highest BCUT2D eigenvalue weighted by atomic mass is 16.2. The number of benzene rings is 1. The third kappa shape index (κ3) is 4.09. The Bertz CT molecular complexity index is 560. The first kappa shape index (κ1) is 16.5. The third-order valence-corrected chi connectivity index (χ3v) is 3.96. The average Bonchev–Trinajstić information content (AvgIpc) is 2.76. The van der Waals surface area contributed by atoms with Crippen LogP contribution in [-0.2, 0) is 9.59 Å². The second-order valence-corrected chi connectivity index (χ2v) is 7.26. The van der Waals surface area contributed by atoms with Gasteiger partial charge in [0.05, 0.1) is 0 Å². The quantitative estimate of drug-likeness (QED) is 0.929. The van der Waals surface area contributed by atoms with E-state index < -0.39 is 0 Å². The number of fused-ring (bicyclic) bond motifs is 1. The van der Waals surface area contributed by atoms with Crippen molar-refractivity contribution < 1.29 is 9.59 Å². The topological polar surface area (TPSA) is 49.4 Å². The lowest BCUT2D eigenvalue weighted by molar-refractivity contribution is -0.122. The summed E-state index contributed by atoms with van der Waals surface area (Å²) in [7, 11) is 0. The van der Waals surface area contributed by atoms with Crippen molar-refractivity contribution in [2.24, 2.45) is 5.41 Å². The number of nitrogens with zero attached hydrogens (tertiary/aromatic N) is 1. The normalized spacial score (nSPS) is 17.3. The van der Waals surface area contributed by atoms with Crippen LogP contribution in [0.3, 0.4) is 0 Å². The molecule has 1 aliphatic heterocycles. The first-order valence-electron chi connectivity index (χ1n) is 7.91. The summed E-state index contributed by atoms with van der Waals surface area (Å²) in [6.45, 7) is 9.15. The Labute approximate surface area is 132 Å². The van der Waals surface area contributed by atoms with Gasteiger partial charge in [-0.2, -0.15) is 0 Å². The van der Waals surface area contributed by atoms with E-state index in [0.29, 0.717) is 25.4 Å². The molecular weight excluding hydrogens is 276 g/mol. The minimum Gasteiger partial charge on any atom is -0.356 e. The van der Waals surface area contributed by atoms with Crippen molar-refractivity contribution in [1.82, 2.24) is 5.32 Å². The average molecular weight is 302 g/mol. The molecule has 4 heteroatoms. The third-order valence-electron chi connectivity index (χ3n) is 3.96. The van der Waals surface area contributed by atoms with Crippen LogP contribution in [0.2, 0.25) is 0 Å². The van der Waals surface area contributed by atoms with Gasteiger partial charge in [0.1, 0.15) is 0 Å². The van der Waals surface area contributed by atoms with Crippen LogP contribution in [0.5, 0.6) is 0 Å². The highest BCUT2D eigenvalue weighted by Crippen LogP contribution is 2.37. The second kappa shape index (κ2) is 6.51. The van der Waals surface area contributed by atoms with E-state index in [1.54, 1.807) is 6.92 Å². The molecule has 1 unspecified atom stereocenters. The second-order valence-electron chi connectivity index (χ2n) is 7.26. The van der Waals surface area contributed by atoms with Gasteiger partial charge in [-0.1, -0.05) is 39.0 Å². The molecule has 0 spiro atoms. The molecular formula is C18H26N2O2. The maximum atomic E-state index is 11.9. The van der Waals surface area contributed by atoms with E-state index in [9.17, 15) is 9.59 Å². The Kier molecular flexibility index (Phi) is 4.89. The van der Waals surface area contributed by atoms with Gasteiger partial charge in [0, 0.05) is 38.0 Å². The molecule has 0 aliphatic carbocycles. The molecule has 0 radical (unpaired) electrons. The molecule has 22 heavy (non-hydrogen) atoms. The Morgan fingerprint density at radius 2 is 1.95 bits per heavy atom. The Morgan fingerprint density at radius 3 is 2.59 bits per heavy atom. The standard InChI is InChI=1S/C18H26N2O2/c1-13(21)20-12-14(15-7-5-6-8-16(15)20)9-10-19-17(22)11-18(2,3)4/h5-8,14H,9-12H2,1-4H3,(H,19,22). The summed E-state index contributed by atoms with van der Waals surface area (Å²) in [5.41, 5.74) is 2.24. The fraction of sp³-hybridized carbons (Fsp3) is 0.556. The van der Waals surface area contributed by atoms with Gasteiger partial charge < -0.3 is 10.2 Å². The molecule has 1 heterocycles. The lowest BCUT2D eigenvalue weighted by Gasteiger charge is -2.18. The first-order chi connectivity index (χ1) is 10.3. The highest BCUT2D eigenvalue weighted by Gasteiger charge is 2.30. The molecule has 1 aromatic carbocycles. The van der Waals surface area contributed by atoms with Gasteiger partial charge in [0.15, 0.2) is 0 Å². The van der Waals surface area contributed by atoms with Gasteiger partial charge in [-0.05, 0) is 23.5 Å². The number of carbonyl (C=O) groups excluding carboxylic acids is 2. The maximum Gasteiger partial charge on any atom is 0.223 e. The molecule has 2 amide bonds. The summed E-state index contributed by atoms with van der Waals surface area (Å²) in [5, 5.41) is 3.00. The largest absolute Gasteiger partial charge is 0.356 e. The van der Waals surface area contributed by atoms with Crippen molar-refractivity contribution in [2.75, 3.05) is 18.0 Å². The Hall–Kier alpha value is -1.84. The Morgan fingerprint density at radius 1 is 1.27 bits per heavy atom. The lowest BCUT2D eigenvalue weighted by Crippen LogP contribution is -2.30. The summed E-state index contributed by atoms with van der Waals surface area (Å²) in [6, 6.07) is 8.05. The van der Waals surface area contributed by atoms with E-state index in [0.717, 1.165) is 12.1 Å². The molecule has 0 bridgehead atoms. The monoisotopic (exact) mass is 302 g/mol. The minimum atomic E-state index is 0.00940. The van der Waals surface area contributed by atoms with Crippen LogP contribution in [-0.4, -0.2) is 24.9 Å². The van der Waals surface area contributed by atoms with Crippen LogP contribution in [0.15, 0.2) is 24.3 Å². The van der Waals surface area contributed by atoms with Crippen molar-refractivity contribution in [2.45, 2.75) is 46.5 Å². The summed E-state index contributed by atoms with van der Waals surface area (Å²) >= 11 is 0. The molecule has 2 rings (SSSR count). The van der Waals surface area contributed by atoms with Crippen LogP contribution >= 0.6 is 0 Å². The summed E-state index contributed by atoms with van der Waals surface area (Å²) < 4.78 is 0. The fourth-order valence-electron chi connectivity index (χ4n) is 2.97. The smallest absolute Gasteiger partial charge is 0.223 e. The van der Waals surface area contributed by atoms with Crippen LogP contribution in [0.4, 0.5) is 5.69 Å². The number of anilines is 1. The SMILES string of the molecule is CC(=O)N1CC(CCNC(=O)CC(C)(C)C)c2ccccc21. The number of amides is 2. The molecule has 0 aromatic heterocycles. The zero-order chi connectivity index (χ0) is 16.3. The van der Waals surface area contributed by atoms with Gasteiger partial charge in [0.25, 0.3) is 0 Å². The van der Waals surface area contributed by atoms with E-state index >= 15 is 0 Å². The molecule has 1 N–H and O–H groups in total. The molecule has 0 fully saturated rings. The van der Waals surface area contributed by atoms with Crippen LogP contribution in [0.25, 0.3) is 0 Å². The van der Waals surface area contributed by atoms with Gasteiger partial charge >= 0.3 is 0 Å². The number of nitrogens with one attached hydrogen (secondary N) is 1. The fourth-order valence-corrected chi connectivity index (χ4v) is 2.97. The summed E-state index contributed by atoms with van der Waals surface area (Å²) in [5.74, 6) is 0.476. The van der Waals surface area contributed by atoms with Gasteiger partial charge in [-0.15, -0.1) is 0 Å². The van der Waals surface area contributed by atoms with Gasteiger partial charge in [-0.3, -0.25) is 9.59 Å². The number of rotatable bonds is 4. The van der Waals surface area contributed by atoms with Crippen LogP contribution < -0.4 is 10.2 Å². The minimum absolute atomic E-state index is 0.00940. The van der Waals surface area contributed by atoms with Gasteiger partial charge in [0.2, 0.25) is 11.8 Å². The van der Waals surface area contributed by atoms with E-state index in [2.05, 4.69) is 32.2 Å². The maximum absolute atomic E-state index is 11.9. The Balaban J connectivity index is 1.92. The summed E-state index contributed by atoms with van der Waals surface area (Å²) in [6.07, 6.45) is 1.39. The van der Waals surface area contributed by atoms with E-state index in [-0.39, 0.29) is 17.2 Å². The van der Waals surface area contributed by atoms with Crippen molar-refractivity contribution in [3.05, 3.63) is 29.8 Å². The highest BCUT2D eigenvalue weighted by molar-refractivity contribution is 5.94. The van der Waals surface area contributed by atoms with Gasteiger partial charge in [-0.25, -0.2) is 0 Å². The lowest BCUT2D eigenvalue weighted by atomic mass is 9.92. The van der Waals surface area contributed by atoms with Crippen molar-refractivity contribution in [3.63, 3.8) is 0 Å². The number of carbonyl (C=O) groups is 2. The van der Waals surface area contributed by atoms with Crippen LogP contribution in [0, 0.1) is 5.41 Å². The van der Waals surface area contributed by atoms with Crippen molar-refractivity contribution in [1.29, 1.82) is 0 Å². The molecule has 120 valence electrons. The van der Waals surface area contributed by atoms with E-state index in [1.807, 2.05) is 23.1 Å². The molecule has 1 atom stereocenters. The zero-order valence-corrected chi connectivity index (χ0v) is 14.0. The van der Waals surface area contributed by atoms with Crippen LogP contribution in [0.1, 0.15) is 52.0 Å². The predicted molar refractivity (Wildman–Crippen MR) is 88.9 cm³/mol. The van der Waals surface area contributed by atoms with Crippen molar-refractivity contribution >= 4 is 17.5 Å². The van der Waals surface area contributed by atoms with Crippen molar-refractivity contribution in [3.8, 4) is 0 Å². The number of hydrogen-bond donors (Lipinski definition) is 1. The molecule has 1 aromatic rings. The summed E-state index contributed by atoms with van der Waals surface area (Å²) in [4.78, 5) is 25.5. The molecule has 4 nitrogen and oxygen atoms in total. The number of hydrogen-bond acceptors (Lipinski definition) is 2. The molecule has 0 saturated heterocycles. The predicted octanol–water partition coefficient (Wildman–Crippen LogP) is 3.08. The van der Waals surface area contributed by atoms with E-state index in [1.165, 1.54) is 5.56 Å². The molecule has 0 saturated carbocycles. The zero-order valence-electron chi connectivity index (χ0n) is 14.0. The first-order valence-corrected chi connectivity index (χ1v) is 7.91. The van der Waals surface area contributed by atoms with E-state index in [4.69, 9.17) is 0 Å².